The Hall–Kier alpha value is -4.04. The maximum absolute atomic E-state index is 14.4. The largest absolute Gasteiger partial charge is 0.379 e. The monoisotopic (exact) mass is 500 g/mol. The van der Waals surface area contributed by atoms with Gasteiger partial charge in [0.05, 0.1) is 11.7 Å². The summed E-state index contributed by atoms with van der Waals surface area (Å²) < 4.78 is 14.4. The minimum absolute atomic E-state index is 0.187. The summed E-state index contributed by atoms with van der Waals surface area (Å²) in [6.45, 7) is 13.0. The maximum Gasteiger partial charge on any atom is 0.247 e. The number of halogens is 1. The van der Waals surface area contributed by atoms with E-state index in [0.29, 0.717) is 23.9 Å². The fourth-order valence-corrected chi connectivity index (χ4v) is 4.43. The second kappa shape index (κ2) is 11.8. The molecule has 1 aromatic carbocycles. The van der Waals surface area contributed by atoms with Gasteiger partial charge in [-0.05, 0) is 73.9 Å². The highest BCUT2D eigenvalue weighted by molar-refractivity contribution is 5.89. The third kappa shape index (κ3) is 6.59. The molecule has 192 valence electrons. The number of benzene rings is 1. The first-order valence-electron chi connectivity index (χ1n) is 12.4. The summed E-state index contributed by atoms with van der Waals surface area (Å²) >= 11 is 0. The van der Waals surface area contributed by atoms with Crippen LogP contribution in [0, 0.1) is 0 Å². The number of nitrogens with one attached hydrogen (secondary N) is 3. The molecule has 1 fully saturated rings. The summed E-state index contributed by atoms with van der Waals surface area (Å²) in [5, 5.41) is 9.35. The van der Waals surface area contributed by atoms with Gasteiger partial charge in [-0.15, -0.1) is 0 Å². The van der Waals surface area contributed by atoms with Gasteiger partial charge in [-0.2, -0.15) is 0 Å². The number of carbonyl (C=O) groups is 1. The van der Waals surface area contributed by atoms with Crippen LogP contribution in [0.4, 0.5) is 21.7 Å². The third-order valence-corrected chi connectivity index (χ3v) is 6.51. The van der Waals surface area contributed by atoms with E-state index in [0.717, 1.165) is 53.9 Å². The average molecular weight is 501 g/mol. The predicted molar refractivity (Wildman–Crippen MR) is 149 cm³/mol. The van der Waals surface area contributed by atoms with Crippen molar-refractivity contribution in [1.29, 1.82) is 0 Å². The molecule has 1 aliphatic carbocycles. The van der Waals surface area contributed by atoms with E-state index in [1.54, 1.807) is 12.3 Å². The highest BCUT2D eigenvalue weighted by Gasteiger charge is 2.27. The zero-order valence-corrected chi connectivity index (χ0v) is 21.1. The molecule has 1 saturated heterocycles. The Morgan fingerprint density at radius 1 is 1.22 bits per heavy atom. The van der Waals surface area contributed by atoms with Crippen molar-refractivity contribution in [3.05, 3.63) is 91.0 Å². The van der Waals surface area contributed by atoms with Crippen LogP contribution in [0.2, 0.25) is 0 Å². The molecule has 2 atom stereocenters. The van der Waals surface area contributed by atoms with Gasteiger partial charge >= 0.3 is 0 Å². The minimum atomic E-state index is -0.899. The standard InChI is InChI=1S/C29H33FN6O/c1-5-20-17-31-29(35-28(20)19(3)21-8-7-9-24(16-21)33-27(37)6-2)34-23-12-10-22(11-13-23)32-26-14-15-36(4)18-25(26)30/h5-6,9-13,16-17,25-26,32H,1-3,7-8,14-15,18H2,4H3,(H,33,37)(H,31,34,35). The number of alkyl halides is 1. The summed E-state index contributed by atoms with van der Waals surface area (Å²) in [7, 11) is 1.94. The van der Waals surface area contributed by atoms with Gasteiger partial charge in [0, 0.05) is 41.9 Å². The van der Waals surface area contributed by atoms with Crippen molar-refractivity contribution in [2.75, 3.05) is 30.8 Å². The molecule has 0 spiro atoms. The molecule has 1 aliphatic heterocycles. The number of rotatable bonds is 9. The first-order chi connectivity index (χ1) is 17.9. The Morgan fingerprint density at radius 3 is 2.68 bits per heavy atom. The number of anilines is 3. The molecule has 0 bridgehead atoms. The van der Waals surface area contributed by atoms with Crippen LogP contribution in [0.25, 0.3) is 11.6 Å². The van der Waals surface area contributed by atoms with Crippen molar-refractivity contribution in [2.45, 2.75) is 31.5 Å². The van der Waals surface area contributed by atoms with Crippen LogP contribution in [-0.4, -0.2) is 53.1 Å². The average Bonchev–Trinajstić information content (AvgIpc) is 2.91. The van der Waals surface area contributed by atoms with E-state index >= 15 is 0 Å². The van der Waals surface area contributed by atoms with Crippen molar-refractivity contribution in [1.82, 2.24) is 20.2 Å². The van der Waals surface area contributed by atoms with E-state index < -0.39 is 6.17 Å². The highest BCUT2D eigenvalue weighted by Crippen LogP contribution is 2.31. The number of aromatic nitrogens is 2. The fraction of sp³-hybridized carbons (Fsp3) is 0.276. The summed E-state index contributed by atoms with van der Waals surface area (Å²) in [4.78, 5) is 22.9. The number of hydrogen-bond acceptors (Lipinski definition) is 6. The second-order valence-corrected chi connectivity index (χ2v) is 9.26. The third-order valence-electron chi connectivity index (χ3n) is 6.51. The highest BCUT2D eigenvalue weighted by atomic mass is 19.1. The SMILES string of the molecule is C=CC(=O)NC1=CCCC(C(=C)c2nc(Nc3ccc(NC4CCN(C)CC4F)cc3)ncc2C=C)=C1. The minimum Gasteiger partial charge on any atom is -0.379 e. The topological polar surface area (TPSA) is 82.2 Å². The van der Waals surface area contributed by atoms with E-state index in [1.807, 2.05) is 48.4 Å². The Labute approximate surface area is 217 Å². The lowest BCUT2D eigenvalue weighted by atomic mass is 9.93. The molecule has 7 nitrogen and oxygen atoms in total. The van der Waals surface area contributed by atoms with Gasteiger partial charge in [0.15, 0.2) is 0 Å². The second-order valence-electron chi connectivity index (χ2n) is 9.26. The van der Waals surface area contributed by atoms with Crippen molar-refractivity contribution in [2.24, 2.45) is 0 Å². The van der Waals surface area contributed by atoms with Crippen LogP contribution in [0.15, 0.2) is 79.7 Å². The lowest BCUT2D eigenvalue weighted by molar-refractivity contribution is -0.115. The van der Waals surface area contributed by atoms with Crippen LogP contribution in [0.5, 0.6) is 0 Å². The van der Waals surface area contributed by atoms with Gasteiger partial charge in [0.25, 0.3) is 0 Å². The molecule has 37 heavy (non-hydrogen) atoms. The van der Waals surface area contributed by atoms with Gasteiger partial charge in [0.1, 0.15) is 6.17 Å². The molecule has 8 heteroatoms. The van der Waals surface area contributed by atoms with Crippen molar-refractivity contribution in [3.63, 3.8) is 0 Å². The van der Waals surface area contributed by atoms with Crippen LogP contribution < -0.4 is 16.0 Å². The molecule has 1 aromatic heterocycles. The zero-order valence-electron chi connectivity index (χ0n) is 21.1. The molecular weight excluding hydrogens is 467 g/mol. The zero-order chi connectivity index (χ0) is 26.4. The van der Waals surface area contributed by atoms with Gasteiger partial charge in [-0.25, -0.2) is 14.4 Å². The molecule has 3 N–H and O–H groups in total. The lowest BCUT2D eigenvalue weighted by Gasteiger charge is -2.33. The molecule has 0 saturated carbocycles. The number of allylic oxidation sites excluding steroid dienone is 4. The number of nitrogens with zero attached hydrogens (tertiary/aromatic N) is 3. The molecule has 2 heterocycles. The number of amides is 1. The molecule has 2 unspecified atom stereocenters. The number of piperidine rings is 1. The van der Waals surface area contributed by atoms with Crippen LogP contribution in [0.3, 0.4) is 0 Å². The molecule has 0 radical (unpaired) electrons. The van der Waals surface area contributed by atoms with E-state index in [4.69, 9.17) is 4.98 Å². The summed E-state index contributed by atoms with van der Waals surface area (Å²) in [5.74, 6) is 0.167. The van der Waals surface area contributed by atoms with Gasteiger partial charge in [0.2, 0.25) is 11.9 Å². The first kappa shape index (κ1) is 26.0. The van der Waals surface area contributed by atoms with Gasteiger partial charge in [-0.3, -0.25) is 4.79 Å². The van der Waals surface area contributed by atoms with Gasteiger partial charge < -0.3 is 20.9 Å². The Balaban J connectivity index is 1.47. The van der Waals surface area contributed by atoms with Gasteiger partial charge in [-0.1, -0.05) is 31.9 Å². The molecular formula is C29H33FN6O. The Morgan fingerprint density at radius 2 is 1.97 bits per heavy atom. The summed E-state index contributed by atoms with van der Waals surface area (Å²) in [6, 6.07) is 7.47. The first-order valence-corrected chi connectivity index (χ1v) is 12.4. The maximum atomic E-state index is 14.4. The van der Waals surface area contributed by atoms with Crippen LogP contribution in [0.1, 0.15) is 30.5 Å². The van der Waals surface area contributed by atoms with Crippen molar-refractivity contribution >= 4 is 34.9 Å². The molecule has 4 rings (SSSR count). The quantitative estimate of drug-likeness (QED) is 0.409. The van der Waals surface area contributed by atoms with E-state index in [1.165, 1.54) is 6.08 Å². The molecule has 2 aromatic rings. The van der Waals surface area contributed by atoms with Crippen molar-refractivity contribution in [3.8, 4) is 0 Å². The lowest BCUT2D eigenvalue weighted by Crippen LogP contribution is -2.46. The number of hydrogen-bond donors (Lipinski definition) is 3. The Bertz CT molecular complexity index is 1250. The van der Waals surface area contributed by atoms with Crippen LogP contribution >= 0.6 is 0 Å². The smallest absolute Gasteiger partial charge is 0.247 e. The normalized spacial score (nSPS) is 19.7. The van der Waals surface area contributed by atoms with Crippen LogP contribution in [-0.2, 0) is 4.79 Å². The summed E-state index contributed by atoms with van der Waals surface area (Å²) in [6.07, 6.45) is 9.95. The number of likely N-dealkylation sites (tertiary alicyclic amines) is 1. The number of carbonyl (C=O) groups excluding carboxylic acids is 1. The van der Waals surface area contributed by atoms with Crippen molar-refractivity contribution < 1.29 is 9.18 Å². The molecule has 2 aliphatic rings. The fourth-order valence-electron chi connectivity index (χ4n) is 4.43. The van der Waals surface area contributed by atoms with E-state index in [9.17, 15) is 9.18 Å². The van der Waals surface area contributed by atoms with E-state index in [2.05, 4.69) is 40.7 Å². The Kier molecular flexibility index (Phi) is 8.30. The predicted octanol–water partition coefficient (Wildman–Crippen LogP) is 5.24. The summed E-state index contributed by atoms with van der Waals surface area (Å²) in [5.41, 5.74) is 5.56. The van der Waals surface area contributed by atoms with E-state index in [-0.39, 0.29) is 11.9 Å². The molecule has 1 amide bonds.